The topological polar surface area (TPSA) is 83.9 Å². The standard InChI is InChI=1S/C31H40F3N3O4/c32-24-8-6-22(20-41-26-11-16-40-17-12-26)27(18-24)28(30(38)39)37-15-10-23(19-37)31(33,34)13-2-1-5-25-9-7-21-4-3-14-35-29(21)36-25/h6-9,18,23,26,28H,1-5,10-17,19-20H2,(H,35,36)(H,38,39). The van der Waals surface area contributed by atoms with Gasteiger partial charge >= 0.3 is 5.97 Å². The highest BCUT2D eigenvalue weighted by Gasteiger charge is 2.45. The fourth-order valence-electron chi connectivity index (χ4n) is 6.23. The van der Waals surface area contributed by atoms with Crippen LogP contribution >= 0.6 is 0 Å². The Morgan fingerprint density at radius 2 is 2.02 bits per heavy atom. The van der Waals surface area contributed by atoms with E-state index >= 15 is 8.78 Å². The highest BCUT2D eigenvalue weighted by atomic mass is 19.3. The van der Waals surface area contributed by atoms with Crippen molar-refractivity contribution in [2.75, 3.05) is 38.2 Å². The van der Waals surface area contributed by atoms with Gasteiger partial charge in [-0.1, -0.05) is 12.1 Å². The molecular weight excluding hydrogens is 535 g/mol. The minimum absolute atomic E-state index is 0.0144. The van der Waals surface area contributed by atoms with Crippen LogP contribution in [0.4, 0.5) is 19.0 Å². The highest BCUT2D eigenvalue weighted by Crippen LogP contribution is 2.40. The summed E-state index contributed by atoms with van der Waals surface area (Å²) < 4.78 is 56.2. The van der Waals surface area contributed by atoms with Crippen molar-refractivity contribution in [3.63, 3.8) is 0 Å². The van der Waals surface area contributed by atoms with Gasteiger partial charge in [-0.15, -0.1) is 0 Å². The Labute approximate surface area is 239 Å². The molecule has 2 atom stereocenters. The molecule has 0 spiro atoms. The van der Waals surface area contributed by atoms with Crippen LogP contribution < -0.4 is 5.32 Å². The molecule has 224 valence electrons. The molecule has 41 heavy (non-hydrogen) atoms. The first-order valence-electron chi connectivity index (χ1n) is 14.8. The number of halogens is 3. The largest absolute Gasteiger partial charge is 0.480 e. The number of benzene rings is 1. The van der Waals surface area contributed by atoms with Crippen LogP contribution in [-0.4, -0.2) is 65.8 Å². The molecule has 0 bridgehead atoms. The Morgan fingerprint density at radius 1 is 1.20 bits per heavy atom. The van der Waals surface area contributed by atoms with E-state index < -0.39 is 29.7 Å². The molecule has 2 unspecified atom stereocenters. The van der Waals surface area contributed by atoms with E-state index in [1.54, 1.807) is 4.90 Å². The van der Waals surface area contributed by atoms with Crippen LogP contribution in [0.2, 0.25) is 0 Å². The van der Waals surface area contributed by atoms with Gasteiger partial charge in [0.05, 0.1) is 12.7 Å². The van der Waals surface area contributed by atoms with Gasteiger partial charge in [0.25, 0.3) is 5.92 Å². The van der Waals surface area contributed by atoms with Gasteiger partial charge in [-0.3, -0.25) is 9.69 Å². The van der Waals surface area contributed by atoms with E-state index in [0.29, 0.717) is 38.0 Å². The molecule has 1 aromatic heterocycles. The van der Waals surface area contributed by atoms with Crippen molar-refractivity contribution >= 4 is 11.8 Å². The monoisotopic (exact) mass is 575 g/mol. The van der Waals surface area contributed by atoms with Crippen LogP contribution in [0.15, 0.2) is 30.3 Å². The van der Waals surface area contributed by atoms with Crippen molar-refractivity contribution in [3.05, 3.63) is 58.5 Å². The van der Waals surface area contributed by atoms with E-state index in [-0.39, 0.29) is 44.2 Å². The summed E-state index contributed by atoms with van der Waals surface area (Å²) in [6, 6.07) is 6.86. The summed E-state index contributed by atoms with van der Waals surface area (Å²) >= 11 is 0. The van der Waals surface area contributed by atoms with Crippen LogP contribution in [0, 0.1) is 11.7 Å². The normalized spacial score (nSPS) is 20.9. The lowest BCUT2D eigenvalue weighted by atomic mass is 9.94. The van der Waals surface area contributed by atoms with Gasteiger partial charge in [-0.25, -0.2) is 18.2 Å². The fraction of sp³-hybridized carbons (Fsp3) is 0.613. The molecule has 5 rings (SSSR count). The van der Waals surface area contributed by atoms with E-state index in [9.17, 15) is 14.3 Å². The predicted octanol–water partition coefficient (Wildman–Crippen LogP) is 5.77. The maximum absolute atomic E-state index is 15.3. The number of nitrogens with zero attached hydrogens (tertiary/aromatic N) is 2. The number of likely N-dealkylation sites (tertiary alicyclic amines) is 1. The number of anilines is 1. The Kier molecular flexibility index (Phi) is 9.83. The lowest BCUT2D eigenvalue weighted by Crippen LogP contribution is -2.36. The van der Waals surface area contributed by atoms with Gasteiger partial charge in [-0.2, -0.15) is 0 Å². The van der Waals surface area contributed by atoms with Crippen LogP contribution in [0.5, 0.6) is 0 Å². The second-order valence-corrected chi connectivity index (χ2v) is 11.5. The maximum atomic E-state index is 15.3. The molecule has 1 aromatic carbocycles. The highest BCUT2D eigenvalue weighted by molar-refractivity contribution is 5.76. The van der Waals surface area contributed by atoms with Crippen LogP contribution in [0.1, 0.15) is 73.4 Å². The second-order valence-electron chi connectivity index (χ2n) is 11.5. The number of rotatable bonds is 12. The average molecular weight is 576 g/mol. The first kappa shape index (κ1) is 29.8. The van der Waals surface area contributed by atoms with Gasteiger partial charge in [0.1, 0.15) is 17.7 Å². The van der Waals surface area contributed by atoms with Crippen molar-refractivity contribution in [3.8, 4) is 0 Å². The van der Waals surface area contributed by atoms with Crippen LogP contribution in [0.25, 0.3) is 0 Å². The van der Waals surface area contributed by atoms with E-state index in [1.165, 1.54) is 23.8 Å². The maximum Gasteiger partial charge on any atom is 0.325 e. The molecular formula is C31H40F3N3O4. The number of hydrogen-bond donors (Lipinski definition) is 2. The predicted molar refractivity (Wildman–Crippen MR) is 149 cm³/mol. The molecule has 4 heterocycles. The van der Waals surface area contributed by atoms with Gasteiger partial charge in [0, 0.05) is 44.3 Å². The smallest absolute Gasteiger partial charge is 0.325 e. The molecule has 2 N–H and O–H groups in total. The fourth-order valence-corrected chi connectivity index (χ4v) is 6.23. The van der Waals surface area contributed by atoms with Gasteiger partial charge in [-0.05, 0) is 92.8 Å². The number of aliphatic carboxylic acids is 1. The third kappa shape index (κ3) is 7.59. The number of unbranched alkanes of at least 4 members (excludes halogenated alkanes) is 1. The molecule has 0 saturated carbocycles. The number of hydrogen-bond acceptors (Lipinski definition) is 6. The van der Waals surface area contributed by atoms with Crippen molar-refractivity contribution in [2.24, 2.45) is 5.92 Å². The van der Waals surface area contributed by atoms with Crippen molar-refractivity contribution in [1.29, 1.82) is 0 Å². The summed E-state index contributed by atoms with van der Waals surface area (Å²) in [5.41, 5.74) is 2.94. The Balaban J connectivity index is 1.17. The molecule has 0 radical (unpaired) electrons. The first-order chi connectivity index (χ1) is 19.8. The SMILES string of the molecule is O=C(O)C(c1cc(F)ccc1COC1CCOCC1)N1CCC(C(F)(F)CCCCc2ccc3c(n2)NCCC3)C1. The zero-order valence-electron chi connectivity index (χ0n) is 23.4. The molecule has 3 aliphatic heterocycles. The molecule has 3 aliphatic rings. The summed E-state index contributed by atoms with van der Waals surface area (Å²) in [6.07, 6.45) is 5.10. The summed E-state index contributed by atoms with van der Waals surface area (Å²) in [5, 5.41) is 13.5. The number of alkyl halides is 2. The van der Waals surface area contributed by atoms with Crippen LogP contribution in [0.3, 0.4) is 0 Å². The van der Waals surface area contributed by atoms with Gasteiger partial charge in [0.2, 0.25) is 0 Å². The summed E-state index contributed by atoms with van der Waals surface area (Å²) in [6.45, 7) is 2.39. The lowest BCUT2D eigenvalue weighted by molar-refractivity contribution is -0.143. The molecule has 2 saturated heterocycles. The van der Waals surface area contributed by atoms with Crippen molar-refractivity contribution in [2.45, 2.75) is 82.5 Å². The summed E-state index contributed by atoms with van der Waals surface area (Å²) in [4.78, 5) is 18.6. The van der Waals surface area contributed by atoms with Crippen molar-refractivity contribution < 1.29 is 32.5 Å². The van der Waals surface area contributed by atoms with E-state index in [0.717, 1.165) is 43.7 Å². The second kappa shape index (κ2) is 13.5. The molecule has 7 nitrogen and oxygen atoms in total. The Hall–Kier alpha value is -2.69. The number of carboxylic acids is 1. The summed E-state index contributed by atoms with van der Waals surface area (Å²) in [7, 11) is 0. The number of nitrogens with one attached hydrogen (secondary N) is 1. The minimum atomic E-state index is -2.92. The Bertz CT molecular complexity index is 1190. The van der Waals surface area contributed by atoms with Crippen molar-refractivity contribution in [1.82, 2.24) is 9.88 Å². The molecule has 0 amide bonds. The summed E-state index contributed by atoms with van der Waals surface area (Å²) in [5.74, 6) is -4.70. The van der Waals surface area contributed by atoms with E-state index in [4.69, 9.17) is 9.47 Å². The van der Waals surface area contributed by atoms with Gasteiger partial charge < -0.3 is 19.9 Å². The number of aromatic nitrogens is 1. The minimum Gasteiger partial charge on any atom is -0.480 e. The number of ether oxygens (including phenoxy) is 2. The molecule has 10 heteroatoms. The quantitative estimate of drug-likeness (QED) is 0.311. The lowest BCUT2D eigenvalue weighted by Gasteiger charge is -2.29. The van der Waals surface area contributed by atoms with E-state index in [1.807, 2.05) is 6.07 Å². The molecule has 0 aliphatic carbocycles. The van der Waals surface area contributed by atoms with Gasteiger partial charge in [0.15, 0.2) is 0 Å². The van der Waals surface area contributed by atoms with E-state index in [2.05, 4.69) is 16.4 Å². The number of fused-ring (bicyclic) bond motifs is 1. The first-order valence-corrected chi connectivity index (χ1v) is 14.8. The number of aryl methyl sites for hydroxylation is 2. The molecule has 2 aromatic rings. The Morgan fingerprint density at radius 3 is 2.83 bits per heavy atom. The number of carbonyl (C=O) groups is 1. The third-order valence-electron chi connectivity index (χ3n) is 8.61. The average Bonchev–Trinajstić information content (AvgIpc) is 3.46. The number of pyridine rings is 1. The molecule has 2 fully saturated rings. The van der Waals surface area contributed by atoms with Crippen LogP contribution in [-0.2, 0) is 33.7 Å². The third-order valence-corrected chi connectivity index (χ3v) is 8.61. The zero-order chi connectivity index (χ0) is 28.8. The zero-order valence-corrected chi connectivity index (χ0v) is 23.4. The number of carboxylic acid groups (broad SMARTS) is 1.